The number of hydrogen-bond acceptors (Lipinski definition) is 3. The van der Waals surface area contributed by atoms with Crippen molar-refractivity contribution >= 4 is 40.0 Å². The minimum Gasteiger partial charge on any atom is -0.332 e. The summed E-state index contributed by atoms with van der Waals surface area (Å²) in [5.41, 5.74) is 1.36. The minimum atomic E-state index is -0.517. The number of carbonyl (C=O) groups is 1. The molecule has 1 amide bonds. The fourth-order valence-corrected chi connectivity index (χ4v) is 3.79. The monoisotopic (exact) mass is 451 g/mol. The summed E-state index contributed by atoms with van der Waals surface area (Å²) >= 11 is 12.3. The number of hydrogen-bond donors (Lipinski definition) is 0. The zero-order valence-corrected chi connectivity index (χ0v) is 18.4. The van der Waals surface area contributed by atoms with Crippen molar-refractivity contribution < 1.29 is 4.79 Å². The van der Waals surface area contributed by atoms with Crippen LogP contribution in [0.4, 0.5) is 0 Å². The van der Waals surface area contributed by atoms with Gasteiger partial charge in [-0.25, -0.2) is 4.98 Å². The first-order valence-corrected chi connectivity index (χ1v) is 10.4. The fourth-order valence-electron chi connectivity index (χ4n) is 3.44. The van der Waals surface area contributed by atoms with E-state index in [1.165, 1.54) is 9.47 Å². The zero-order valence-electron chi connectivity index (χ0n) is 16.9. The second kappa shape index (κ2) is 8.53. The van der Waals surface area contributed by atoms with Gasteiger partial charge in [0.2, 0.25) is 0 Å². The molecule has 7 heteroatoms. The van der Waals surface area contributed by atoms with Crippen LogP contribution in [-0.2, 0) is 0 Å². The molecule has 156 valence electrons. The highest BCUT2D eigenvalue weighted by atomic mass is 35.5. The molecule has 0 bridgehead atoms. The van der Waals surface area contributed by atoms with Gasteiger partial charge in [0.15, 0.2) is 0 Å². The first-order chi connectivity index (χ1) is 14.9. The second-order valence-corrected chi connectivity index (χ2v) is 8.02. The fraction of sp³-hybridized carbons (Fsp3) is 0.125. The molecule has 3 aromatic carbocycles. The number of benzene rings is 3. The standard InChI is InChI=1S/C24H19Cl2N3O2/c1-15(28(2)23(30)18-7-3-5-9-20(18)26)22-27-21-10-6-4-8-19(21)24(31)29(22)17-13-11-16(25)12-14-17/h3-15H,1-2H3. The van der Waals surface area contributed by atoms with Gasteiger partial charge in [-0.05, 0) is 55.5 Å². The summed E-state index contributed by atoms with van der Waals surface area (Å²) in [6.45, 7) is 1.83. The van der Waals surface area contributed by atoms with Crippen LogP contribution in [0.1, 0.15) is 29.1 Å². The normalized spacial score (nSPS) is 12.0. The topological polar surface area (TPSA) is 55.2 Å². The van der Waals surface area contributed by atoms with E-state index in [-0.39, 0.29) is 11.5 Å². The predicted octanol–water partition coefficient (Wildman–Crippen LogP) is 5.53. The van der Waals surface area contributed by atoms with Crippen molar-refractivity contribution in [2.24, 2.45) is 0 Å². The van der Waals surface area contributed by atoms with E-state index in [2.05, 4.69) is 0 Å². The van der Waals surface area contributed by atoms with Crippen LogP contribution in [0.2, 0.25) is 10.0 Å². The average Bonchev–Trinajstić information content (AvgIpc) is 2.79. The third kappa shape index (κ3) is 3.94. The summed E-state index contributed by atoms with van der Waals surface area (Å²) in [7, 11) is 1.67. The van der Waals surface area contributed by atoms with E-state index in [1.54, 1.807) is 73.8 Å². The molecule has 0 aliphatic rings. The van der Waals surface area contributed by atoms with Crippen LogP contribution in [0.5, 0.6) is 0 Å². The summed E-state index contributed by atoms with van der Waals surface area (Å²) < 4.78 is 1.53. The highest BCUT2D eigenvalue weighted by Gasteiger charge is 2.25. The van der Waals surface area contributed by atoms with Gasteiger partial charge in [-0.15, -0.1) is 0 Å². The maximum Gasteiger partial charge on any atom is 0.266 e. The van der Waals surface area contributed by atoms with Gasteiger partial charge in [-0.3, -0.25) is 14.2 Å². The van der Waals surface area contributed by atoms with Crippen molar-refractivity contribution in [3.05, 3.63) is 105 Å². The number of fused-ring (bicyclic) bond motifs is 1. The molecule has 5 nitrogen and oxygen atoms in total. The van der Waals surface area contributed by atoms with E-state index in [0.29, 0.717) is 38.0 Å². The van der Waals surface area contributed by atoms with Crippen LogP contribution in [0.15, 0.2) is 77.6 Å². The van der Waals surface area contributed by atoms with Crippen molar-refractivity contribution in [3.8, 4) is 5.69 Å². The Labute approximate surface area is 189 Å². The summed E-state index contributed by atoms with van der Waals surface area (Å²) in [4.78, 5) is 32.8. The Morgan fingerprint density at radius 3 is 2.32 bits per heavy atom. The summed E-state index contributed by atoms with van der Waals surface area (Å²) in [6, 6.07) is 20.5. The Hall–Kier alpha value is -3.15. The van der Waals surface area contributed by atoms with Crippen molar-refractivity contribution in [1.82, 2.24) is 14.5 Å². The van der Waals surface area contributed by atoms with E-state index in [4.69, 9.17) is 28.2 Å². The second-order valence-electron chi connectivity index (χ2n) is 7.18. The van der Waals surface area contributed by atoms with Crippen LogP contribution in [0.25, 0.3) is 16.6 Å². The van der Waals surface area contributed by atoms with Crippen LogP contribution in [-0.4, -0.2) is 27.4 Å². The smallest absolute Gasteiger partial charge is 0.266 e. The molecule has 1 heterocycles. The van der Waals surface area contributed by atoms with E-state index in [9.17, 15) is 9.59 Å². The lowest BCUT2D eigenvalue weighted by atomic mass is 10.1. The van der Waals surface area contributed by atoms with Crippen LogP contribution in [0, 0.1) is 0 Å². The zero-order chi connectivity index (χ0) is 22.1. The van der Waals surface area contributed by atoms with Gasteiger partial charge >= 0.3 is 0 Å². The van der Waals surface area contributed by atoms with Crippen LogP contribution < -0.4 is 5.56 Å². The third-order valence-electron chi connectivity index (χ3n) is 5.27. The molecule has 4 rings (SSSR count). The lowest BCUT2D eigenvalue weighted by Gasteiger charge is -2.27. The molecule has 0 fully saturated rings. The lowest BCUT2D eigenvalue weighted by molar-refractivity contribution is 0.0735. The third-order valence-corrected chi connectivity index (χ3v) is 5.85. The van der Waals surface area contributed by atoms with Gasteiger partial charge in [0.25, 0.3) is 11.5 Å². The predicted molar refractivity (Wildman–Crippen MR) is 124 cm³/mol. The molecule has 4 aromatic rings. The molecule has 1 atom stereocenters. The molecule has 0 saturated heterocycles. The maximum atomic E-state index is 13.4. The summed E-state index contributed by atoms with van der Waals surface area (Å²) in [5, 5.41) is 1.42. The molecule has 0 aliphatic heterocycles. The number of halogens is 2. The van der Waals surface area contributed by atoms with E-state index in [1.807, 2.05) is 13.0 Å². The quantitative estimate of drug-likeness (QED) is 0.410. The average molecular weight is 452 g/mol. The number of nitrogens with zero attached hydrogens (tertiary/aromatic N) is 3. The minimum absolute atomic E-state index is 0.214. The molecular formula is C24H19Cl2N3O2. The van der Waals surface area contributed by atoms with E-state index >= 15 is 0 Å². The van der Waals surface area contributed by atoms with Crippen molar-refractivity contribution in [2.45, 2.75) is 13.0 Å². The number of rotatable bonds is 4. The highest BCUT2D eigenvalue weighted by Crippen LogP contribution is 2.25. The van der Waals surface area contributed by atoms with Crippen molar-refractivity contribution in [2.75, 3.05) is 7.05 Å². The summed E-state index contributed by atoms with van der Waals surface area (Å²) in [6.07, 6.45) is 0. The van der Waals surface area contributed by atoms with Gasteiger partial charge in [-0.2, -0.15) is 0 Å². The Bertz CT molecular complexity index is 1330. The van der Waals surface area contributed by atoms with Crippen LogP contribution in [0.3, 0.4) is 0 Å². The molecule has 1 aromatic heterocycles. The highest BCUT2D eigenvalue weighted by molar-refractivity contribution is 6.33. The Morgan fingerprint density at radius 2 is 1.61 bits per heavy atom. The lowest BCUT2D eigenvalue weighted by Crippen LogP contribution is -2.35. The molecule has 0 spiro atoms. The van der Waals surface area contributed by atoms with Crippen molar-refractivity contribution in [3.63, 3.8) is 0 Å². The van der Waals surface area contributed by atoms with Gasteiger partial charge in [0.05, 0.1) is 33.2 Å². The van der Waals surface area contributed by atoms with Gasteiger partial charge in [0.1, 0.15) is 5.82 Å². The first kappa shape index (κ1) is 21.1. The maximum absolute atomic E-state index is 13.4. The van der Waals surface area contributed by atoms with Gasteiger partial charge in [-0.1, -0.05) is 47.5 Å². The van der Waals surface area contributed by atoms with Gasteiger partial charge < -0.3 is 4.90 Å². The molecule has 0 N–H and O–H groups in total. The largest absolute Gasteiger partial charge is 0.332 e. The molecule has 0 aliphatic carbocycles. The first-order valence-electron chi connectivity index (χ1n) is 9.68. The van der Waals surface area contributed by atoms with E-state index in [0.717, 1.165) is 0 Å². The molecule has 0 saturated carbocycles. The number of para-hydroxylation sites is 1. The molecule has 1 unspecified atom stereocenters. The molecule has 31 heavy (non-hydrogen) atoms. The number of carbonyl (C=O) groups excluding carboxylic acids is 1. The summed E-state index contributed by atoms with van der Waals surface area (Å²) in [5.74, 6) is 0.178. The van der Waals surface area contributed by atoms with E-state index < -0.39 is 6.04 Å². The Kier molecular flexibility index (Phi) is 5.81. The Balaban J connectivity index is 1.88. The Morgan fingerprint density at radius 1 is 0.968 bits per heavy atom. The number of aromatic nitrogens is 2. The SMILES string of the molecule is CC(c1nc2ccccc2c(=O)n1-c1ccc(Cl)cc1)N(C)C(=O)c1ccccc1Cl. The van der Waals surface area contributed by atoms with Crippen LogP contribution >= 0.6 is 23.2 Å². The molecule has 0 radical (unpaired) electrons. The van der Waals surface area contributed by atoms with Crippen molar-refractivity contribution in [1.29, 1.82) is 0 Å². The number of amides is 1. The molecular weight excluding hydrogens is 433 g/mol. The van der Waals surface area contributed by atoms with Gasteiger partial charge in [0, 0.05) is 12.1 Å².